The van der Waals surface area contributed by atoms with Gasteiger partial charge in [-0.2, -0.15) is 0 Å². The molecule has 2 aromatic rings. The topological polar surface area (TPSA) is 29.5 Å². The Labute approximate surface area is 157 Å². The van der Waals surface area contributed by atoms with Gasteiger partial charge in [0.2, 0.25) is 5.91 Å². The number of anilines is 1. The third-order valence-corrected chi connectivity index (χ3v) is 5.41. The number of hydrogen-bond donors (Lipinski definition) is 0. The van der Waals surface area contributed by atoms with Crippen LogP contribution in [0.25, 0.3) is 0 Å². The maximum atomic E-state index is 12.3. The highest BCUT2D eigenvalue weighted by Gasteiger charge is 2.28. The zero-order valence-corrected chi connectivity index (χ0v) is 16.6. The largest absolute Gasteiger partial charge is 0.489 e. The van der Waals surface area contributed by atoms with Crippen molar-refractivity contribution >= 4 is 11.6 Å². The quantitative estimate of drug-likeness (QED) is 0.693. The van der Waals surface area contributed by atoms with Crippen molar-refractivity contribution in [2.24, 2.45) is 0 Å². The Balaban J connectivity index is 1.93. The van der Waals surface area contributed by atoms with Crippen LogP contribution in [0.5, 0.6) is 5.75 Å². The summed E-state index contributed by atoms with van der Waals surface area (Å²) < 4.78 is 6.24. The second kappa shape index (κ2) is 7.53. The minimum Gasteiger partial charge on any atom is -0.489 e. The Morgan fingerprint density at radius 3 is 2.46 bits per heavy atom. The van der Waals surface area contributed by atoms with Gasteiger partial charge in [-0.05, 0) is 73.9 Å². The zero-order chi connectivity index (χ0) is 18.8. The molecule has 0 saturated heterocycles. The Bertz CT molecular complexity index is 821. The number of amides is 1. The lowest BCUT2D eigenvalue weighted by molar-refractivity contribution is -0.118. The Kier molecular flexibility index (Phi) is 5.36. The molecule has 0 aromatic heterocycles. The number of hydrogen-bond acceptors (Lipinski definition) is 2. The van der Waals surface area contributed by atoms with Crippen molar-refractivity contribution in [1.82, 2.24) is 0 Å². The standard InChI is InChI=1S/C23H29NO2/c1-6-23(25)24(5)21-9-7-8-19(18-10-11-18)20(21)14-26-22-13-16(3)15(2)12-17(22)4/h7-9,12-13,18H,6,10-11,14H2,1-5H3. The number of rotatable bonds is 6. The van der Waals surface area contributed by atoms with Crippen LogP contribution < -0.4 is 9.64 Å². The van der Waals surface area contributed by atoms with E-state index in [1.54, 1.807) is 4.90 Å². The van der Waals surface area contributed by atoms with Gasteiger partial charge >= 0.3 is 0 Å². The first-order chi connectivity index (χ1) is 12.4. The first-order valence-corrected chi connectivity index (χ1v) is 9.51. The molecule has 0 atom stereocenters. The van der Waals surface area contributed by atoms with Gasteiger partial charge in [-0.25, -0.2) is 0 Å². The number of nitrogens with zero attached hydrogens (tertiary/aromatic N) is 1. The van der Waals surface area contributed by atoms with Crippen molar-refractivity contribution in [2.45, 2.75) is 59.5 Å². The van der Waals surface area contributed by atoms with E-state index in [4.69, 9.17) is 4.74 Å². The van der Waals surface area contributed by atoms with Crippen molar-refractivity contribution in [3.05, 3.63) is 58.1 Å². The highest BCUT2D eigenvalue weighted by Crippen LogP contribution is 2.44. The van der Waals surface area contributed by atoms with E-state index in [0.29, 0.717) is 18.9 Å². The molecule has 0 bridgehead atoms. The number of carbonyl (C=O) groups is 1. The summed E-state index contributed by atoms with van der Waals surface area (Å²) in [6.45, 7) is 8.71. The van der Waals surface area contributed by atoms with Gasteiger partial charge in [0.1, 0.15) is 12.4 Å². The number of ether oxygens (including phenoxy) is 1. The van der Waals surface area contributed by atoms with Crippen LogP contribution in [0, 0.1) is 20.8 Å². The number of aryl methyl sites for hydroxylation is 3. The van der Waals surface area contributed by atoms with Gasteiger partial charge in [0, 0.05) is 19.0 Å². The lowest BCUT2D eigenvalue weighted by Crippen LogP contribution is -2.26. The van der Waals surface area contributed by atoms with E-state index in [9.17, 15) is 4.79 Å². The summed E-state index contributed by atoms with van der Waals surface area (Å²) in [5, 5.41) is 0. The minimum atomic E-state index is 0.126. The highest BCUT2D eigenvalue weighted by atomic mass is 16.5. The smallest absolute Gasteiger partial charge is 0.226 e. The predicted molar refractivity (Wildman–Crippen MR) is 107 cm³/mol. The summed E-state index contributed by atoms with van der Waals surface area (Å²) in [4.78, 5) is 14.0. The van der Waals surface area contributed by atoms with Crippen LogP contribution in [-0.4, -0.2) is 13.0 Å². The van der Waals surface area contributed by atoms with Gasteiger partial charge in [0.25, 0.3) is 0 Å². The summed E-state index contributed by atoms with van der Waals surface area (Å²) in [7, 11) is 1.86. The van der Waals surface area contributed by atoms with E-state index < -0.39 is 0 Å². The van der Waals surface area contributed by atoms with E-state index in [0.717, 1.165) is 22.6 Å². The average molecular weight is 351 g/mol. The van der Waals surface area contributed by atoms with Crippen LogP contribution in [0.15, 0.2) is 30.3 Å². The lowest BCUT2D eigenvalue weighted by atomic mass is 10.0. The third kappa shape index (κ3) is 3.77. The highest BCUT2D eigenvalue weighted by molar-refractivity contribution is 5.93. The van der Waals surface area contributed by atoms with Crippen molar-refractivity contribution in [2.75, 3.05) is 11.9 Å². The molecule has 1 amide bonds. The Morgan fingerprint density at radius 2 is 1.81 bits per heavy atom. The SMILES string of the molecule is CCC(=O)N(C)c1cccc(C2CC2)c1COc1cc(C)c(C)cc1C. The zero-order valence-electron chi connectivity index (χ0n) is 16.6. The van der Waals surface area contributed by atoms with Gasteiger partial charge in [0.05, 0.1) is 5.69 Å². The van der Waals surface area contributed by atoms with E-state index >= 15 is 0 Å². The van der Waals surface area contributed by atoms with Crippen molar-refractivity contribution in [3.63, 3.8) is 0 Å². The summed E-state index contributed by atoms with van der Waals surface area (Å²) >= 11 is 0. The molecule has 3 nitrogen and oxygen atoms in total. The fraction of sp³-hybridized carbons (Fsp3) is 0.435. The molecule has 0 heterocycles. The maximum absolute atomic E-state index is 12.3. The van der Waals surface area contributed by atoms with Crippen molar-refractivity contribution < 1.29 is 9.53 Å². The molecular formula is C23H29NO2. The van der Waals surface area contributed by atoms with E-state index in [-0.39, 0.29) is 5.91 Å². The van der Waals surface area contributed by atoms with Gasteiger partial charge in [-0.3, -0.25) is 4.79 Å². The first-order valence-electron chi connectivity index (χ1n) is 9.51. The first kappa shape index (κ1) is 18.5. The van der Waals surface area contributed by atoms with Crippen LogP contribution >= 0.6 is 0 Å². The molecule has 26 heavy (non-hydrogen) atoms. The van der Waals surface area contributed by atoms with Crippen LogP contribution in [0.1, 0.15) is 59.9 Å². The lowest BCUT2D eigenvalue weighted by Gasteiger charge is -2.23. The predicted octanol–water partition coefficient (Wildman–Crippen LogP) is 5.44. The fourth-order valence-corrected chi connectivity index (χ4v) is 3.45. The fourth-order valence-electron chi connectivity index (χ4n) is 3.45. The van der Waals surface area contributed by atoms with Crippen LogP contribution in [0.2, 0.25) is 0 Å². The molecule has 1 saturated carbocycles. The molecule has 0 aliphatic heterocycles. The molecule has 3 heteroatoms. The molecule has 2 aromatic carbocycles. The Hall–Kier alpha value is -2.29. The van der Waals surface area contributed by atoms with Gasteiger partial charge in [0.15, 0.2) is 0 Å². The monoisotopic (exact) mass is 351 g/mol. The number of carbonyl (C=O) groups excluding carboxylic acids is 1. The van der Waals surface area contributed by atoms with E-state index in [2.05, 4.69) is 45.0 Å². The van der Waals surface area contributed by atoms with Crippen LogP contribution in [-0.2, 0) is 11.4 Å². The van der Waals surface area contributed by atoms with E-state index in [1.165, 1.54) is 29.5 Å². The van der Waals surface area contributed by atoms with Crippen LogP contribution in [0.4, 0.5) is 5.69 Å². The summed E-state index contributed by atoms with van der Waals surface area (Å²) in [6, 6.07) is 10.6. The number of benzene rings is 2. The summed E-state index contributed by atoms with van der Waals surface area (Å²) in [5.41, 5.74) is 7.12. The van der Waals surface area contributed by atoms with Crippen LogP contribution in [0.3, 0.4) is 0 Å². The average Bonchev–Trinajstić information content (AvgIpc) is 3.47. The molecule has 0 spiro atoms. The summed E-state index contributed by atoms with van der Waals surface area (Å²) in [5.74, 6) is 1.66. The second-order valence-corrected chi connectivity index (χ2v) is 7.42. The molecule has 138 valence electrons. The summed E-state index contributed by atoms with van der Waals surface area (Å²) in [6.07, 6.45) is 2.95. The second-order valence-electron chi connectivity index (χ2n) is 7.42. The van der Waals surface area contributed by atoms with Crippen molar-refractivity contribution in [3.8, 4) is 5.75 Å². The maximum Gasteiger partial charge on any atom is 0.226 e. The molecule has 1 aliphatic carbocycles. The molecule has 3 rings (SSSR count). The molecule has 1 aliphatic rings. The molecule has 0 radical (unpaired) electrons. The van der Waals surface area contributed by atoms with Gasteiger partial charge in [-0.1, -0.05) is 25.1 Å². The molecule has 0 unspecified atom stereocenters. The van der Waals surface area contributed by atoms with Gasteiger partial charge < -0.3 is 9.64 Å². The normalized spacial score (nSPS) is 13.6. The Morgan fingerprint density at radius 1 is 1.12 bits per heavy atom. The molecule has 0 N–H and O–H groups in total. The minimum absolute atomic E-state index is 0.126. The molecule has 1 fully saturated rings. The van der Waals surface area contributed by atoms with E-state index in [1.807, 2.05) is 20.0 Å². The third-order valence-electron chi connectivity index (χ3n) is 5.41. The molecular weight excluding hydrogens is 322 g/mol. The van der Waals surface area contributed by atoms with Crippen molar-refractivity contribution in [1.29, 1.82) is 0 Å². The van der Waals surface area contributed by atoms with Gasteiger partial charge in [-0.15, -0.1) is 0 Å².